The fourth-order valence-electron chi connectivity index (χ4n) is 1.78. The van der Waals surface area contributed by atoms with E-state index in [1.807, 2.05) is 0 Å². The first kappa shape index (κ1) is 10.6. The lowest BCUT2D eigenvalue weighted by atomic mass is 10.3. The number of hydrogen-bond donors (Lipinski definition) is 1. The number of nitrogen functional groups attached to an aromatic ring is 1. The molecule has 1 fully saturated rings. The smallest absolute Gasteiger partial charge is 0.140 e. The number of hydrogen-bond acceptors (Lipinski definition) is 3. The van der Waals surface area contributed by atoms with Crippen LogP contribution in [0, 0.1) is 0 Å². The Morgan fingerprint density at radius 2 is 2.33 bits per heavy atom. The van der Waals surface area contributed by atoms with Gasteiger partial charge in [0.1, 0.15) is 11.9 Å². The summed E-state index contributed by atoms with van der Waals surface area (Å²) < 4.78 is 5.80. The van der Waals surface area contributed by atoms with E-state index >= 15 is 0 Å². The van der Waals surface area contributed by atoms with Crippen molar-refractivity contribution in [1.29, 1.82) is 0 Å². The number of nitrogens with two attached hydrogens (primary N) is 1. The first-order valence-corrected chi connectivity index (χ1v) is 5.43. The van der Waals surface area contributed by atoms with Gasteiger partial charge in [-0.1, -0.05) is 11.6 Å². The summed E-state index contributed by atoms with van der Waals surface area (Å²) in [7, 11) is 2.09. The van der Waals surface area contributed by atoms with Gasteiger partial charge in [0.15, 0.2) is 0 Å². The molecule has 1 aromatic rings. The monoisotopic (exact) mass is 226 g/mol. The summed E-state index contributed by atoms with van der Waals surface area (Å²) in [6.07, 6.45) is 1.27. The minimum Gasteiger partial charge on any atom is -0.487 e. The van der Waals surface area contributed by atoms with Gasteiger partial charge in [-0.2, -0.15) is 0 Å². The molecule has 0 aromatic heterocycles. The predicted octanol–water partition coefficient (Wildman–Crippen LogP) is 2.01. The zero-order valence-electron chi connectivity index (χ0n) is 8.74. The maximum atomic E-state index is 6.02. The second-order valence-electron chi connectivity index (χ2n) is 3.98. The van der Waals surface area contributed by atoms with E-state index in [0.29, 0.717) is 16.5 Å². The molecule has 1 heterocycles. The van der Waals surface area contributed by atoms with Crippen LogP contribution in [-0.2, 0) is 0 Å². The number of ether oxygens (including phenoxy) is 1. The van der Waals surface area contributed by atoms with Gasteiger partial charge in [0, 0.05) is 24.8 Å². The lowest BCUT2D eigenvalue weighted by Crippen LogP contribution is -2.21. The summed E-state index contributed by atoms with van der Waals surface area (Å²) in [5, 5.41) is 0.624. The van der Waals surface area contributed by atoms with E-state index in [9.17, 15) is 0 Å². The largest absolute Gasteiger partial charge is 0.487 e. The van der Waals surface area contributed by atoms with Crippen LogP contribution in [0.1, 0.15) is 6.42 Å². The van der Waals surface area contributed by atoms with Crippen molar-refractivity contribution in [3.63, 3.8) is 0 Å². The fourth-order valence-corrected chi connectivity index (χ4v) is 1.94. The summed E-state index contributed by atoms with van der Waals surface area (Å²) in [6.45, 7) is 2.02. The summed E-state index contributed by atoms with van der Waals surface area (Å²) in [6, 6.07) is 5.32. The Morgan fingerprint density at radius 1 is 1.53 bits per heavy atom. The van der Waals surface area contributed by atoms with Crippen LogP contribution in [0.2, 0.25) is 5.02 Å². The van der Waals surface area contributed by atoms with Gasteiger partial charge in [-0.15, -0.1) is 0 Å². The minimum atomic E-state index is 0.231. The summed E-state index contributed by atoms with van der Waals surface area (Å²) in [5.74, 6) is 0.692. The number of nitrogens with zero attached hydrogens (tertiary/aromatic N) is 1. The fraction of sp³-hybridized carbons (Fsp3) is 0.455. The van der Waals surface area contributed by atoms with Gasteiger partial charge in [-0.05, 0) is 25.6 Å². The van der Waals surface area contributed by atoms with E-state index in [0.717, 1.165) is 19.5 Å². The highest BCUT2D eigenvalue weighted by Crippen LogP contribution is 2.28. The molecule has 0 amide bonds. The molecule has 82 valence electrons. The Kier molecular flexibility index (Phi) is 3.03. The third-order valence-electron chi connectivity index (χ3n) is 2.60. The molecule has 0 spiro atoms. The highest BCUT2D eigenvalue weighted by atomic mass is 35.5. The van der Waals surface area contributed by atoms with Crippen molar-refractivity contribution in [1.82, 2.24) is 4.90 Å². The average Bonchev–Trinajstić information content (AvgIpc) is 2.58. The highest BCUT2D eigenvalue weighted by molar-refractivity contribution is 6.32. The zero-order valence-corrected chi connectivity index (χ0v) is 9.50. The van der Waals surface area contributed by atoms with Crippen molar-refractivity contribution >= 4 is 17.3 Å². The summed E-state index contributed by atoms with van der Waals surface area (Å²) in [4.78, 5) is 2.24. The molecule has 1 aromatic carbocycles. The number of benzene rings is 1. The molecule has 3 nitrogen and oxygen atoms in total. The third-order valence-corrected chi connectivity index (χ3v) is 2.91. The van der Waals surface area contributed by atoms with Crippen LogP contribution >= 0.6 is 11.6 Å². The number of likely N-dealkylation sites (tertiary alicyclic amines) is 1. The molecule has 1 aliphatic heterocycles. The molecule has 0 bridgehead atoms. The van der Waals surface area contributed by atoms with Crippen LogP contribution in [0.4, 0.5) is 5.69 Å². The maximum Gasteiger partial charge on any atom is 0.140 e. The van der Waals surface area contributed by atoms with E-state index in [4.69, 9.17) is 22.1 Å². The zero-order chi connectivity index (χ0) is 10.8. The Hall–Kier alpha value is -0.930. The molecule has 4 heteroatoms. The van der Waals surface area contributed by atoms with E-state index in [-0.39, 0.29) is 6.10 Å². The number of rotatable bonds is 2. The van der Waals surface area contributed by atoms with Gasteiger partial charge in [0.2, 0.25) is 0 Å². The highest BCUT2D eigenvalue weighted by Gasteiger charge is 2.21. The van der Waals surface area contributed by atoms with Crippen LogP contribution in [-0.4, -0.2) is 31.1 Å². The van der Waals surface area contributed by atoms with Gasteiger partial charge in [0.25, 0.3) is 0 Å². The van der Waals surface area contributed by atoms with E-state index in [1.54, 1.807) is 18.2 Å². The molecule has 0 aliphatic carbocycles. The Labute approximate surface area is 94.8 Å². The first-order chi connectivity index (χ1) is 7.15. The standard InChI is InChI=1S/C11H15ClN2O/c1-14-5-4-9(7-14)15-11-6-8(13)2-3-10(11)12/h2-3,6,9H,4-5,7,13H2,1H3/t9-/m0/s1. The van der Waals surface area contributed by atoms with Crippen molar-refractivity contribution in [2.75, 3.05) is 25.9 Å². The molecule has 1 aliphatic rings. The van der Waals surface area contributed by atoms with E-state index < -0.39 is 0 Å². The SMILES string of the molecule is CN1CC[C@H](Oc2cc(N)ccc2Cl)C1. The molecule has 1 atom stereocenters. The normalized spacial score (nSPS) is 21.9. The number of anilines is 1. The first-order valence-electron chi connectivity index (χ1n) is 5.05. The molecule has 2 N–H and O–H groups in total. The van der Waals surface area contributed by atoms with Gasteiger partial charge in [0.05, 0.1) is 5.02 Å². The molecule has 0 unspecified atom stereocenters. The Morgan fingerprint density at radius 3 is 3.00 bits per heavy atom. The van der Waals surface area contributed by atoms with Crippen LogP contribution in [0.5, 0.6) is 5.75 Å². The van der Waals surface area contributed by atoms with Crippen molar-refractivity contribution < 1.29 is 4.74 Å². The maximum absolute atomic E-state index is 6.02. The molecule has 0 saturated carbocycles. The number of likely N-dealkylation sites (N-methyl/N-ethyl adjacent to an activating group) is 1. The van der Waals surface area contributed by atoms with Gasteiger partial charge in [-0.25, -0.2) is 0 Å². The predicted molar refractivity (Wildman–Crippen MR) is 62.4 cm³/mol. The third kappa shape index (κ3) is 2.55. The average molecular weight is 227 g/mol. The quantitative estimate of drug-likeness (QED) is 0.784. The molecule has 1 saturated heterocycles. The van der Waals surface area contributed by atoms with E-state index in [2.05, 4.69) is 11.9 Å². The topological polar surface area (TPSA) is 38.5 Å². The van der Waals surface area contributed by atoms with Crippen molar-refractivity contribution in [2.45, 2.75) is 12.5 Å². The summed E-state index contributed by atoms with van der Waals surface area (Å²) >= 11 is 6.02. The lowest BCUT2D eigenvalue weighted by Gasteiger charge is -2.15. The lowest BCUT2D eigenvalue weighted by molar-refractivity contribution is 0.208. The van der Waals surface area contributed by atoms with Crippen molar-refractivity contribution in [2.24, 2.45) is 0 Å². The Balaban J connectivity index is 2.07. The molecule has 2 rings (SSSR count). The van der Waals surface area contributed by atoms with Gasteiger partial charge in [-0.3, -0.25) is 0 Å². The molecular weight excluding hydrogens is 212 g/mol. The van der Waals surface area contributed by atoms with Crippen molar-refractivity contribution in [3.05, 3.63) is 23.2 Å². The van der Waals surface area contributed by atoms with Crippen molar-refractivity contribution in [3.8, 4) is 5.75 Å². The minimum absolute atomic E-state index is 0.231. The van der Waals surface area contributed by atoms with Crippen LogP contribution in [0.3, 0.4) is 0 Å². The summed E-state index contributed by atoms with van der Waals surface area (Å²) in [5.41, 5.74) is 6.36. The molecule has 15 heavy (non-hydrogen) atoms. The second kappa shape index (κ2) is 4.29. The van der Waals surface area contributed by atoms with Gasteiger partial charge < -0.3 is 15.4 Å². The van der Waals surface area contributed by atoms with Crippen LogP contribution in [0.25, 0.3) is 0 Å². The van der Waals surface area contributed by atoms with Crippen LogP contribution in [0.15, 0.2) is 18.2 Å². The van der Waals surface area contributed by atoms with Gasteiger partial charge >= 0.3 is 0 Å². The molecule has 0 radical (unpaired) electrons. The number of halogens is 1. The second-order valence-corrected chi connectivity index (χ2v) is 4.39. The Bertz CT molecular complexity index is 356. The van der Waals surface area contributed by atoms with E-state index in [1.165, 1.54) is 0 Å². The van der Waals surface area contributed by atoms with Crippen LogP contribution < -0.4 is 10.5 Å². The molecular formula is C11H15ClN2O.